The second kappa shape index (κ2) is 7.45. The number of esters is 1. The van der Waals surface area contributed by atoms with E-state index in [1.54, 1.807) is 66.7 Å². The number of fused-ring (bicyclic) bond motifs is 1. The number of hydrogen-bond donors (Lipinski definition) is 1. The quantitative estimate of drug-likeness (QED) is 0.496. The van der Waals surface area contributed by atoms with Crippen molar-refractivity contribution in [3.63, 3.8) is 0 Å². The minimum Gasteiger partial charge on any atom is -0.465 e. The van der Waals surface area contributed by atoms with Crippen molar-refractivity contribution in [2.45, 2.75) is 0 Å². The highest BCUT2D eigenvalue weighted by atomic mass is 31.2. The zero-order valence-corrected chi connectivity index (χ0v) is 16.3. The molecule has 8 heteroatoms. The molecular formula is C21H17N2O5P. The summed E-state index contributed by atoms with van der Waals surface area (Å²) in [5, 5.41) is 2.87. The number of carbonyl (C=O) groups is 2. The van der Waals surface area contributed by atoms with E-state index in [2.05, 4.69) is 5.09 Å². The average Bonchev–Trinajstić information content (AvgIpc) is 2.74. The van der Waals surface area contributed by atoms with Gasteiger partial charge in [0.05, 0.1) is 29.6 Å². The standard InChI is InChI=1S/C21H17N2O5P/c1-27-21(25)17-12-6-8-14-19(17)23-20(24)16-11-5-7-13-18(16)22-29(23,26)28-15-9-3-2-4-10-15/h2-14H,1H3,(H,22,26). The van der Waals surface area contributed by atoms with Gasteiger partial charge >= 0.3 is 13.6 Å². The Morgan fingerprint density at radius 1 is 0.931 bits per heavy atom. The van der Waals surface area contributed by atoms with E-state index in [0.29, 0.717) is 17.0 Å². The molecule has 3 aromatic carbocycles. The van der Waals surface area contributed by atoms with Crippen molar-refractivity contribution in [1.82, 2.24) is 0 Å². The van der Waals surface area contributed by atoms with Crippen LogP contribution in [-0.4, -0.2) is 19.0 Å². The first-order valence-corrected chi connectivity index (χ1v) is 10.4. The molecule has 1 aliphatic rings. The lowest BCUT2D eigenvalue weighted by molar-refractivity contribution is 0.0602. The first-order chi connectivity index (χ1) is 14.0. The molecule has 0 saturated heterocycles. The van der Waals surface area contributed by atoms with E-state index in [9.17, 15) is 14.2 Å². The molecule has 1 amide bonds. The van der Waals surface area contributed by atoms with Crippen molar-refractivity contribution < 1.29 is 23.4 Å². The number of nitrogens with one attached hydrogen (secondary N) is 1. The van der Waals surface area contributed by atoms with Crippen LogP contribution >= 0.6 is 7.67 Å². The van der Waals surface area contributed by atoms with E-state index in [-0.39, 0.29) is 11.3 Å². The van der Waals surface area contributed by atoms with Crippen molar-refractivity contribution in [2.75, 3.05) is 16.9 Å². The number of methoxy groups -OCH3 is 1. The summed E-state index contributed by atoms with van der Waals surface area (Å²) in [5.74, 6) is -0.885. The average molecular weight is 408 g/mol. The topological polar surface area (TPSA) is 84.9 Å². The summed E-state index contributed by atoms with van der Waals surface area (Å²) in [6.45, 7) is 0. The van der Waals surface area contributed by atoms with Crippen LogP contribution in [0.5, 0.6) is 5.75 Å². The van der Waals surface area contributed by atoms with Gasteiger partial charge in [-0.2, -0.15) is 0 Å². The predicted molar refractivity (Wildman–Crippen MR) is 109 cm³/mol. The number of para-hydroxylation sites is 3. The Labute approximate surface area is 167 Å². The number of nitrogens with zero attached hydrogens (tertiary/aromatic N) is 1. The maximum atomic E-state index is 14.0. The molecule has 0 bridgehead atoms. The van der Waals surface area contributed by atoms with Crippen molar-refractivity contribution >= 4 is 30.9 Å². The Kier molecular flexibility index (Phi) is 4.82. The van der Waals surface area contributed by atoms with Gasteiger partial charge in [-0.3, -0.25) is 9.88 Å². The molecule has 1 unspecified atom stereocenters. The Balaban J connectivity index is 1.90. The van der Waals surface area contributed by atoms with Gasteiger partial charge in [0.25, 0.3) is 5.91 Å². The van der Waals surface area contributed by atoms with Gasteiger partial charge in [0.1, 0.15) is 5.75 Å². The number of amides is 1. The molecule has 1 atom stereocenters. The fourth-order valence-corrected chi connectivity index (χ4v) is 5.02. The highest BCUT2D eigenvalue weighted by molar-refractivity contribution is 7.64. The third-order valence-electron chi connectivity index (χ3n) is 4.38. The molecular weight excluding hydrogens is 391 g/mol. The van der Waals surface area contributed by atoms with Crippen LogP contribution in [0, 0.1) is 0 Å². The summed E-state index contributed by atoms with van der Waals surface area (Å²) < 4.78 is 25.6. The van der Waals surface area contributed by atoms with Gasteiger partial charge in [0.15, 0.2) is 0 Å². The van der Waals surface area contributed by atoms with Crippen LogP contribution in [0.2, 0.25) is 0 Å². The maximum absolute atomic E-state index is 14.0. The second-order valence-corrected chi connectivity index (χ2v) is 8.05. The van der Waals surface area contributed by atoms with E-state index in [4.69, 9.17) is 9.26 Å². The van der Waals surface area contributed by atoms with Crippen LogP contribution in [0.1, 0.15) is 20.7 Å². The van der Waals surface area contributed by atoms with E-state index >= 15 is 0 Å². The summed E-state index contributed by atoms with van der Waals surface area (Å²) in [6, 6.07) is 21.5. The molecule has 146 valence electrons. The molecule has 3 aromatic rings. The van der Waals surface area contributed by atoms with E-state index in [1.807, 2.05) is 0 Å². The molecule has 0 radical (unpaired) electrons. The van der Waals surface area contributed by atoms with E-state index < -0.39 is 19.5 Å². The Bertz CT molecular complexity index is 1130. The normalized spacial score (nSPS) is 17.8. The highest BCUT2D eigenvalue weighted by Gasteiger charge is 2.46. The first-order valence-electron chi connectivity index (χ1n) is 8.78. The Morgan fingerprint density at radius 2 is 1.59 bits per heavy atom. The molecule has 29 heavy (non-hydrogen) atoms. The number of benzene rings is 3. The molecule has 0 aliphatic carbocycles. The van der Waals surface area contributed by atoms with Gasteiger partial charge in [0.2, 0.25) is 0 Å². The SMILES string of the molecule is COC(=O)c1ccccc1N1C(=O)c2ccccc2NP1(=O)Oc1ccccc1. The molecule has 7 nitrogen and oxygen atoms in total. The van der Waals surface area contributed by atoms with E-state index in [1.165, 1.54) is 19.2 Å². The van der Waals surface area contributed by atoms with Gasteiger partial charge in [0, 0.05) is 0 Å². The van der Waals surface area contributed by atoms with Gasteiger partial charge in [-0.05, 0) is 36.4 Å². The molecule has 0 spiro atoms. The molecule has 0 fully saturated rings. The zero-order chi connectivity index (χ0) is 20.4. The van der Waals surface area contributed by atoms with Crippen LogP contribution in [0.3, 0.4) is 0 Å². The largest absolute Gasteiger partial charge is 0.465 e. The van der Waals surface area contributed by atoms with Crippen molar-refractivity contribution in [3.05, 3.63) is 90.0 Å². The Morgan fingerprint density at radius 3 is 2.34 bits per heavy atom. The van der Waals surface area contributed by atoms with E-state index in [0.717, 1.165) is 4.67 Å². The molecule has 1 N–H and O–H groups in total. The lowest BCUT2D eigenvalue weighted by atomic mass is 10.1. The number of hydrogen-bond acceptors (Lipinski definition) is 5. The smallest absolute Gasteiger partial charge is 0.453 e. The minimum atomic E-state index is -4.01. The molecule has 1 aliphatic heterocycles. The molecule has 4 rings (SSSR count). The number of carbonyl (C=O) groups excluding carboxylic acids is 2. The number of ether oxygens (including phenoxy) is 1. The third-order valence-corrected chi connectivity index (χ3v) is 6.29. The van der Waals surface area contributed by atoms with Crippen molar-refractivity contribution in [3.8, 4) is 5.75 Å². The predicted octanol–water partition coefficient (Wildman–Crippen LogP) is 4.73. The summed E-state index contributed by atoms with van der Waals surface area (Å²) in [6.07, 6.45) is 0. The first kappa shape index (κ1) is 18.8. The van der Waals surface area contributed by atoms with Crippen molar-refractivity contribution in [2.24, 2.45) is 0 Å². The third kappa shape index (κ3) is 3.37. The summed E-state index contributed by atoms with van der Waals surface area (Å²) in [5.41, 5.74) is 0.936. The fraction of sp³-hybridized carbons (Fsp3) is 0.0476. The number of rotatable bonds is 4. The van der Waals surface area contributed by atoms with Gasteiger partial charge in [-0.25, -0.2) is 14.0 Å². The highest BCUT2D eigenvalue weighted by Crippen LogP contribution is 2.57. The van der Waals surface area contributed by atoms with Crippen LogP contribution in [0.15, 0.2) is 78.9 Å². The molecule has 0 saturated carbocycles. The fourth-order valence-electron chi connectivity index (χ4n) is 3.08. The second-order valence-electron chi connectivity index (χ2n) is 6.21. The lowest BCUT2D eigenvalue weighted by Gasteiger charge is -2.36. The summed E-state index contributed by atoms with van der Waals surface area (Å²) >= 11 is 0. The van der Waals surface area contributed by atoms with Crippen LogP contribution < -0.4 is 14.3 Å². The van der Waals surface area contributed by atoms with Crippen LogP contribution in [0.25, 0.3) is 0 Å². The van der Waals surface area contributed by atoms with Gasteiger partial charge in [-0.15, -0.1) is 0 Å². The van der Waals surface area contributed by atoms with Gasteiger partial charge < -0.3 is 9.26 Å². The maximum Gasteiger partial charge on any atom is 0.453 e. The zero-order valence-electron chi connectivity index (χ0n) is 15.4. The monoisotopic (exact) mass is 408 g/mol. The van der Waals surface area contributed by atoms with Crippen molar-refractivity contribution in [1.29, 1.82) is 0 Å². The minimum absolute atomic E-state index is 0.0985. The summed E-state index contributed by atoms with van der Waals surface area (Å²) in [4.78, 5) is 25.7. The molecule has 1 heterocycles. The van der Waals surface area contributed by atoms with Gasteiger partial charge in [-0.1, -0.05) is 42.5 Å². The van der Waals surface area contributed by atoms with Crippen LogP contribution in [-0.2, 0) is 9.30 Å². The Hall–Kier alpha value is -3.57. The molecule has 0 aromatic heterocycles. The lowest BCUT2D eigenvalue weighted by Crippen LogP contribution is -2.38. The summed E-state index contributed by atoms with van der Waals surface area (Å²) in [7, 11) is -2.77. The van der Waals surface area contributed by atoms with Crippen LogP contribution in [0.4, 0.5) is 11.4 Å². The number of anilines is 2.